The Balaban J connectivity index is 2.54. The Kier molecular flexibility index (Phi) is 5.10. The third kappa shape index (κ3) is 3.49. The van der Waals surface area contributed by atoms with Crippen molar-refractivity contribution in [1.82, 2.24) is 0 Å². The quantitative estimate of drug-likeness (QED) is 0.619. The Hall–Kier alpha value is -0.563. The van der Waals surface area contributed by atoms with Crippen LogP contribution in [0.5, 0.6) is 0 Å². The van der Waals surface area contributed by atoms with Crippen molar-refractivity contribution in [1.29, 1.82) is 0 Å². The van der Waals surface area contributed by atoms with Gasteiger partial charge in [0.25, 0.3) is 0 Å². The summed E-state index contributed by atoms with van der Waals surface area (Å²) in [4.78, 5) is 0. The molecule has 0 aliphatic carbocycles. The van der Waals surface area contributed by atoms with E-state index in [0.29, 0.717) is 0 Å². The maximum Gasteiger partial charge on any atom is 0.0562 e. The smallest absolute Gasteiger partial charge is 0.0562 e. The van der Waals surface area contributed by atoms with Gasteiger partial charge >= 0.3 is 0 Å². The van der Waals surface area contributed by atoms with Crippen molar-refractivity contribution >= 4 is 8.07 Å². The number of hydrogen-bond acceptors (Lipinski definition) is 0. The second-order valence-electron chi connectivity index (χ2n) is 4.32. The SMILES string of the molecule is CC[Si]([CH]Cc1ccccc1)(CC)CC. The zero-order valence-corrected chi connectivity index (χ0v) is 11.3. The molecule has 0 aliphatic rings. The number of hydrogen-bond donors (Lipinski definition) is 0. The lowest BCUT2D eigenvalue weighted by Crippen LogP contribution is -2.33. The molecule has 0 saturated heterocycles. The highest BCUT2D eigenvalue weighted by Crippen LogP contribution is 2.24. The van der Waals surface area contributed by atoms with Crippen molar-refractivity contribution < 1.29 is 0 Å². The highest BCUT2D eigenvalue weighted by atomic mass is 28.3. The van der Waals surface area contributed by atoms with E-state index >= 15 is 0 Å². The molecule has 0 saturated carbocycles. The Morgan fingerprint density at radius 1 is 0.933 bits per heavy atom. The first-order valence-electron chi connectivity index (χ1n) is 6.14. The molecule has 1 radical (unpaired) electrons. The average molecular weight is 219 g/mol. The number of rotatable bonds is 6. The molecule has 0 amide bonds. The molecule has 1 aromatic carbocycles. The van der Waals surface area contributed by atoms with Crippen LogP contribution >= 0.6 is 0 Å². The van der Waals surface area contributed by atoms with Crippen LogP contribution in [0.2, 0.25) is 18.1 Å². The van der Waals surface area contributed by atoms with Gasteiger partial charge in [-0.1, -0.05) is 69.2 Å². The fourth-order valence-electron chi connectivity index (χ4n) is 2.13. The molecule has 0 N–H and O–H groups in total. The summed E-state index contributed by atoms with van der Waals surface area (Å²) in [6.45, 7) is 7.09. The maximum absolute atomic E-state index is 2.66. The van der Waals surface area contributed by atoms with Gasteiger partial charge in [-0.05, 0) is 18.0 Å². The molecule has 15 heavy (non-hydrogen) atoms. The van der Waals surface area contributed by atoms with Gasteiger partial charge in [0.1, 0.15) is 0 Å². The molecule has 1 rings (SSSR count). The van der Waals surface area contributed by atoms with E-state index in [1.807, 2.05) is 0 Å². The molecule has 83 valence electrons. The summed E-state index contributed by atoms with van der Waals surface area (Å²) < 4.78 is 0. The van der Waals surface area contributed by atoms with Crippen LogP contribution in [-0.2, 0) is 6.42 Å². The van der Waals surface area contributed by atoms with Gasteiger partial charge in [0, 0.05) is 0 Å². The van der Waals surface area contributed by atoms with Crippen molar-refractivity contribution in [3.63, 3.8) is 0 Å². The second-order valence-corrected chi connectivity index (χ2v) is 9.57. The molecular weight excluding hydrogens is 196 g/mol. The van der Waals surface area contributed by atoms with Gasteiger partial charge in [-0.15, -0.1) is 0 Å². The minimum atomic E-state index is -1.03. The summed E-state index contributed by atoms with van der Waals surface area (Å²) in [7, 11) is -1.03. The molecule has 0 atom stereocenters. The Morgan fingerprint density at radius 2 is 1.47 bits per heavy atom. The van der Waals surface area contributed by atoms with Crippen LogP contribution in [0.25, 0.3) is 0 Å². The van der Waals surface area contributed by atoms with Crippen LogP contribution in [-0.4, -0.2) is 8.07 Å². The van der Waals surface area contributed by atoms with Crippen LogP contribution < -0.4 is 0 Å². The second kappa shape index (κ2) is 6.11. The van der Waals surface area contributed by atoms with Crippen molar-refractivity contribution in [2.75, 3.05) is 0 Å². The fraction of sp³-hybridized carbons (Fsp3) is 0.500. The molecule has 0 aromatic heterocycles. The zero-order valence-electron chi connectivity index (χ0n) is 10.3. The Bertz CT molecular complexity index is 254. The summed E-state index contributed by atoms with van der Waals surface area (Å²) in [5, 5.41) is 0. The van der Waals surface area contributed by atoms with E-state index in [-0.39, 0.29) is 0 Å². The topological polar surface area (TPSA) is 0 Å². The third-order valence-corrected chi connectivity index (χ3v) is 9.02. The molecule has 0 unspecified atom stereocenters. The highest BCUT2D eigenvalue weighted by Gasteiger charge is 2.25. The van der Waals surface area contributed by atoms with E-state index in [2.05, 4.69) is 57.1 Å². The summed E-state index contributed by atoms with van der Waals surface area (Å²) >= 11 is 0. The first-order chi connectivity index (χ1) is 7.26. The van der Waals surface area contributed by atoms with Crippen LogP contribution in [0.1, 0.15) is 26.3 Å². The highest BCUT2D eigenvalue weighted by molar-refractivity contribution is 6.83. The maximum atomic E-state index is 2.66. The third-order valence-electron chi connectivity index (χ3n) is 3.73. The molecule has 0 aliphatic heterocycles. The largest absolute Gasteiger partial charge is 0.0678 e. The zero-order chi connectivity index (χ0) is 11.1. The van der Waals surface area contributed by atoms with E-state index in [4.69, 9.17) is 0 Å². The van der Waals surface area contributed by atoms with Crippen molar-refractivity contribution in [2.45, 2.75) is 45.3 Å². The molecule has 0 heterocycles. The average Bonchev–Trinajstić information content (AvgIpc) is 2.33. The van der Waals surface area contributed by atoms with Crippen LogP contribution in [0.15, 0.2) is 30.3 Å². The van der Waals surface area contributed by atoms with E-state index in [0.717, 1.165) is 0 Å². The molecule has 0 nitrogen and oxygen atoms in total. The summed E-state index contributed by atoms with van der Waals surface area (Å²) in [5.41, 5.74) is 1.46. The molecule has 1 heteroatoms. The Morgan fingerprint density at radius 3 is 1.93 bits per heavy atom. The monoisotopic (exact) mass is 219 g/mol. The predicted octanol–water partition coefficient (Wildman–Crippen LogP) is 4.48. The molecule has 0 fully saturated rings. The molecule has 1 aromatic rings. The number of benzene rings is 1. The summed E-state index contributed by atoms with van der Waals surface area (Å²) in [6.07, 6.45) is 1.17. The van der Waals surface area contributed by atoms with Gasteiger partial charge in [0.2, 0.25) is 0 Å². The van der Waals surface area contributed by atoms with E-state index < -0.39 is 8.07 Å². The molecular formula is C14H23Si. The van der Waals surface area contributed by atoms with Crippen molar-refractivity contribution in [3.8, 4) is 0 Å². The van der Waals surface area contributed by atoms with E-state index in [1.165, 1.54) is 30.1 Å². The predicted molar refractivity (Wildman–Crippen MR) is 71.6 cm³/mol. The van der Waals surface area contributed by atoms with Gasteiger partial charge in [-0.25, -0.2) is 0 Å². The van der Waals surface area contributed by atoms with Crippen LogP contribution in [0, 0.1) is 6.04 Å². The van der Waals surface area contributed by atoms with Gasteiger partial charge in [-0.2, -0.15) is 0 Å². The van der Waals surface area contributed by atoms with E-state index in [9.17, 15) is 0 Å². The molecule has 0 spiro atoms. The molecule has 0 bridgehead atoms. The van der Waals surface area contributed by atoms with Gasteiger partial charge in [-0.3, -0.25) is 0 Å². The lowest BCUT2D eigenvalue weighted by molar-refractivity contribution is 1.11. The van der Waals surface area contributed by atoms with Crippen molar-refractivity contribution in [2.24, 2.45) is 0 Å². The van der Waals surface area contributed by atoms with Crippen LogP contribution in [0.3, 0.4) is 0 Å². The normalized spacial score (nSPS) is 11.7. The van der Waals surface area contributed by atoms with E-state index in [1.54, 1.807) is 0 Å². The van der Waals surface area contributed by atoms with Gasteiger partial charge < -0.3 is 0 Å². The fourth-order valence-corrected chi connectivity index (χ4v) is 5.17. The standard InChI is InChI=1S/C14H23Si/c1-4-15(5-2,6-3)13-12-14-10-8-7-9-11-14/h7-11,13H,4-6,12H2,1-3H3. The summed E-state index contributed by atoms with van der Waals surface area (Å²) in [5.74, 6) is 0. The Labute approximate surface area is 95.7 Å². The van der Waals surface area contributed by atoms with Gasteiger partial charge in [0.05, 0.1) is 8.07 Å². The first kappa shape index (κ1) is 12.5. The minimum Gasteiger partial charge on any atom is -0.0678 e. The van der Waals surface area contributed by atoms with Crippen molar-refractivity contribution in [3.05, 3.63) is 41.9 Å². The van der Waals surface area contributed by atoms with Gasteiger partial charge in [0.15, 0.2) is 0 Å². The lowest BCUT2D eigenvalue weighted by atomic mass is 10.2. The summed E-state index contributed by atoms with van der Waals surface area (Å²) in [6, 6.07) is 17.7. The minimum absolute atomic E-state index is 1.03. The van der Waals surface area contributed by atoms with Crippen LogP contribution in [0.4, 0.5) is 0 Å². The first-order valence-corrected chi connectivity index (χ1v) is 8.84. The lowest BCUT2D eigenvalue weighted by Gasteiger charge is -2.27.